The summed E-state index contributed by atoms with van der Waals surface area (Å²) in [6.07, 6.45) is 0.416. The average Bonchev–Trinajstić information content (AvgIpc) is 2.50. The standard InChI is InChI=1S/C24H44N2O6/c1-21(2)11-15(12-22(3,4)25-21)31-17(19(27)28)9-10-18(20(29)30)32-16-13-23(5,6)26-24(7,8)14-16/h15-18,25-26H,9-14H2,1-8H3,(H,27,28)(H,29,30). The topological polar surface area (TPSA) is 117 Å². The van der Waals surface area contributed by atoms with Crippen molar-refractivity contribution in [3.8, 4) is 0 Å². The van der Waals surface area contributed by atoms with Gasteiger partial charge in [-0.05, 0) is 93.9 Å². The van der Waals surface area contributed by atoms with Gasteiger partial charge < -0.3 is 30.3 Å². The molecule has 2 fully saturated rings. The summed E-state index contributed by atoms with van der Waals surface area (Å²) in [7, 11) is 0. The molecule has 0 aromatic heterocycles. The lowest BCUT2D eigenvalue weighted by Gasteiger charge is -2.47. The lowest BCUT2D eigenvalue weighted by molar-refractivity contribution is -0.165. The van der Waals surface area contributed by atoms with E-state index in [0.717, 1.165) is 0 Å². The highest BCUT2D eigenvalue weighted by Crippen LogP contribution is 2.33. The van der Waals surface area contributed by atoms with Crippen LogP contribution < -0.4 is 10.6 Å². The van der Waals surface area contributed by atoms with E-state index >= 15 is 0 Å². The van der Waals surface area contributed by atoms with Crippen LogP contribution in [0.1, 0.15) is 93.9 Å². The van der Waals surface area contributed by atoms with E-state index in [-0.39, 0.29) is 47.2 Å². The molecule has 8 heteroatoms. The number of hydrogen-bond donors (Lipinski definition) is 4. The second kappa shape index (κ2) is 9.57. The van der Waals surface area contributed by atoms with Crippen LogP contribution in [0.2, 0.25) is 0 Å². The first-order chi connectivity index (χ1) is 14.4. The summed E-state index contributed by atoms with van der Waals surface area (Å²) in [4.78, 5) is 23.8. The second-order valence-corrected chi connectivity index (χ2v) is 12.3. The van der Waals surface area contributed by atoms with Gasteiger partial charge in [0.05, 0.1) is 12.2 Å². The molecule has 2 aliphatic rings. The number of piperidine rings is 2. The van der Waals surface area contributed by atoms with Crippen LogP contribution in [0.15, 0.2) is 0 Å². The minimum atomic E-state index is -1.06. The Morgan fingerprint density at radius 1 is 0.688 bits per heavy atom. The molecule has 2 aliphatic heterocycles. The average molecular weight is 457 g/mol. The van der Waals surface area contributed by atoms with Crippen molar-refractivity contribution in [2.24, 2.45) is 0 Å². The number of ether oxygens (including phenoxy) is 2. The molecular formula is C24H44N2O6. The Hall–Kier alpha value is -1.22. The molecule has 0 aliphatic carbocycles. The summed E-state index contributed by atoms with van der Waals surface area (Å²) in [6.45, 7) is 16.6. The lowest BCUT2D eigenvalue weighted by Crippen LogP contribution is -2.60. The predicted octanol–water partition coefficient (Wildman–Crippen LogP) is 3.32. The van der Waals surface area contributed by atoms with Crippen molar-refractivity contribution in [1.29, 1.82) is 0 Å². The van der Waals surface area contributed by atoms with Gasteiger partial charge in [-0.15, -0.1) is 0 Å². The first kappa shape index (κ1) is 27.0. The van der Waals surface area contributed by atoms with Gasteiger partial charge in [-0.3, -0.25) is 0 Å². The maximum atomic E-state index is 11.9. The number of aliphatic carboxylic acids is 2. The van der Waals surface area contributed by atoms with Crippen LogP contribution in [0, 0.1) is 0 Å². The maximum Gasteiger partial charge on any atom is 0.332 e. The summed E-state index contributed by atoms with van der Waals surface area (Å²) in [5, 5.41) is 26.6. The third-order valence-electron chi connectivity index (χ3n) is 6.26. The zero-order valence-electron chi connectivity index (χ0n) is 21.1. The van der Waals surface area contributed by atoms with Crippen molar-refractivity contribution in [2.75, 3.05) is 0 Å². The monoisotopic (exact) mass is 456 g/mol. The smallest absolute Gasteiger partial charge is 0.332 e. The van der Waals surface area contributed by atoms with E-state index in [1.807, 2.05) is 0 Å². The van der Waals surface area contributed by atoms with Gasteiger partial charge in [-0.1, -0.05) is 0 Å². The predicted molar refractivity (Wildman–Crippen MR) is 123 cm³/mol. The Labute approximate surface area is 192 Å². The Kier molecular flexibility index (Phi) is 8.08. The van der Waals surface area contributed by atoms with E-state index in [2.05, 4.69) is 66.0 Å². The molecule has 4 N–H and O–H groups in total. The molecule has 0 spiro atoms. The number of carbonyl (C=O) groups is 2. The van der Waals surface area contributed by atoms with Gasteiger partial charge >= 0.3 is 11.9 Å². The van der Waals surface area contributed by atoms with E-state index in [4.69, 9.17) is 9.47 Å². The van der Waals surface area contributed by atoms with Crippen molar-refractivity contribution >= 4 is 11.9 Å². The molecule has 2 atom stereocenters. The van der Waals surface area contributed by atoms with Crippen LogP contribution in [-0.4, -0.2) is 68.7 Å². The first-order valence-electron chi connectivity index (χ1n) is 11.7. The van der Waals surface area contributed by atoms with Gasteiger partial charge in [0.15, 0.2) is 12.2 Å². The van der Waals surface area contributed by atoms with Crippen molar-refractivity contribution in [2.45, 2.75) is 140 Å². The summed E-state index contributed by atoms with van der Waals surface area (Å²) in [6, 6.07) is 0. The molecule has 2 heterocycles. The lowest BCUT2D eigenvalue weighted by atomic mass is 9.81. The fourth-order valence-corrected chi connectivity index (χ4v) is 5.92. The van der Waals surface area contributed by atoms with Gasteiger partial charge in [-0.2, -0.15) is 0 Å². The SMILES string of the molecule is CC1(C)CC(OC(CCC(OC2CC(C)(C)NC(C)(C)C2)C(=O)O)C(=O)O)CC(C)(C)N1. The Morgan fingerprint density at radius 2 is 0.938 bits per heavy atom. The van der Waals surface area contributed by atoms with E-state index in [1.165, 1.54) is 0 Å². The zero-order valence-corrected chi connectivity index (χ0v) is 21.1. The van der Waals surface area contributed by atoms with E-state index < -0.39 is 24.1 Å². The zero-order chi connectivity index (χ0) is 24.5. The van der Waals surface area contributed by atoms with E-state index in [9.17, 15) is 19.8 Å². The molecule has 0 bridgehead atoms. The molecule has 2 rings (SSSR count). The number of hydrogen-bond acceptors (Lipinski definition) is 6. The number of nitrogens with one attached hydrogen (secondary N) is 2. The van der Waals surface area contributed by atoms with Gasteiger partial charge in [0, 0.05) is 22.2 Å². The Morgan fingerprint density at radius 3 is 1.16 bits per heavy atom. The third-order valence-corrected chi connectivity index (χ3v) is 6.26. The minimum absolute atomic E-state index is 0.0921. The summed E-state index contributed by atoms with van der Waals surface area (Å²) < 4.78 is 12.0. The quantitative estimate of drug-likeness (QED) is 0.417. The fraction of sp³-hybridized carbons (Fsp3) is 0.917. The van der Waals surface area contributed by atoms with Crippen molar-refractivity contribution in [1.82, 2.24) is 10.6 Å². The van der Waals surface area contributed by atoms with Gasteiger partial charge in [0.2, 0.25) is 0 Å². The molecular weight excluding hydrogens is 412 g/mol. The summed E-state index contributed by atoms with van der Waals surface area (Å²) in [5.41, 5.74) is -0.679. The molecule has 0 aromatic rings. The largest absolute Gasteiger partial charge is 0.479 e. The molecule has 0 radical (unpaired) electrons. The molecule has 8 nitrogen and oxygen atoms in total. The molecule has 2 saturated heterocycles. The van der Waals surface area contributed by atoms with Crippen molar-refractivity contribution < 1.29 is 29.3 Å². The minimum Gasteiger partial charge on any atom is -0.479 e. The molecule has 0 saturated carbocycles. The molecule has 186 valence electrons. The van der Waals surface area contributed by atoms with Crippen LogP contribution in [0.25, 0.3) is 0 Å². The van der Waals surface area contributed by atoms with Crippen molar-refractivity contribution in [3.05, 3.63) is 0 Å². The number of carboxylic acid groups (broad SMARTS) is 2. The van der Waals surface area contributed by atoms with Crippen LogP contribution >= 0.6 is 0 Å². The highest BCUT2D eigenvalue weighted by molar-refractivity contribution is 5.74. The molecule has 32 heavy (non-hydrogen) atoms. The van der Waals surface area contributed by atoms with E-state index in [0.29, 0.717) is 25.7 Å². The Balaban J connectivity index is 2.01. The molecule has 0 amide bonds. The number of carboxylic acids is 2. The summed E-state index contributed by atoms with van der Waals surface area (Å²) in [5.74, 6) is -2.13. The Bertz CT molecular complexity index is 598. The van der Waals surface area contributed by atoms with Gasteiger partial charge in [0.25, 0.3) is 0 Å². The molecule has 2 unspecified atom stereocenters. The van der Waals surface area contributed by atoms with Crippen LogP contribution in [-0.2, 0) is 19.1 Å². The first-order valence-corrected chi connectivity index (χ1v) is 11.7. The van der Waals surface area contributed by atoms with Gasteiger partial charge in [0.1, 0.15) is 0 Å². The van der Waals surface area contributed by atoms with Crippen molar-refractivity contribution in [3.63, 3.8) is 0 Å². The van der Waals surface area contributed by atoms with Crippen LogP contribution in [0.5, 0.6) is 0 Å². The summed E-state index contributed by atoms with van der Waals surface area (Å²) >= 11 is 0. The highest BCUT2D eigenvalue weighted by atomic mass is 16.5. The third kappa shape index (κ3) is 8.28. The van der Waals surface area contributed by atoms with E-state index in [1.54, 1.807) is 0 Å². The highest BCUT2D eigenvalue weighted by Gasteiger charge is 2.41. The van der Waals surface area contributed by atoms with Gasteiger partial charge in [-0.25, -0.2) is 9.59 Å². The maximum absolute atomic E-state index is 11.9. The van der Waals surface area contributed by atoms with Crippen LogP contribution in [0.3, 0.4) is 0 Å². The molecule has 0 aromatic carbocycles. The fourth-order valence-electron chi connectivity index (χ4n) is 5.92. The normalized spacial score (nSPS) is 26.9. The second-order valence-electron chi connectivity index (χ2n) is 12.3. The van der Waals surface area contributed by atoms with Crippen LogP contribution in [0.4, 0.5) is 0 Å². The number of rotatable bonds is 9.